The molecule has 100 valence electrons. The van der Waals surface area contributed by atoms with Gasteiger partial charge in [0, 0.05) is 17.6 Å². The molecule has 2 N–H and O–H groups in total. The van der Waals surface area contributed by atoms with Gasteiger partial charge in [0.1, 0.15) is 5.75 Å². The molecule has 4 atom stereocenters. The van der Waals surface area contributed by atoms with Crippen molar-refractivity contribution in [3.8, 4) is 5.75 Å². The summed E-state index contributed by atoms with van der Waals surface area (Å²) >= 11 is 0. The SMILES string of the molecule is CCC1CCC(NC(C)c2ccccc2O)C1C. The topological polar surface area (TPSA) is 32.3 Å². The zero-order chi connectivity index (χ0) is 13.1. The van der Waals surface area contributed by atoms with Crippen LogP contribution in [0, 0.1) is 11.8 Å². The number of benzene rings is 1. The fourth-order valence-corrected chi connectivity index (χ4v) is 3.32. The molecule has 1 aliphatic rings. The van der Waals surface area contributed by atoms with Crippen LogP contribution in [-0.2, 0) is 0 Å². The van der Waals surface area contributed by atoms with E-state index in [4.69, 9.17) is 0 Å². The molecule has 1 aromatic carbocycles. The zero-order valence-corrected chi connectivity index (χ0v) is 11.7. The van der Waals surface area contributed by atoms with Crippen molar-refractivity contribution < 1.29 is 5.11 Å². The fraction of sp³-hybridized carbons (Fsp3) is 0.625. The average molecular weight is 247 g/mol. The minimum atomic E-state index is 0.217. The molecule has 18 heavy (non-hydrogen) atoms. The Labute approximate surface area is 110 Å². The van der Waals surface area contributed by atoms with Gasteiger partial charge < -0.3 is 10.4 Å². The molecule has 1 fully saturated rings. The number of nitrogens with one attached hydrogen (secondary N) is 1. The van der Waals surface area contributed by atoms with E-state index in [1.54, 1.807) is 6.07 Å². The van der Waals surface area contributed by atoms with Crippen LogP contribution >= 0.6 is 0 Å². The molecule has 1 saturated carbocycles. The van der Waals surface area contributed by atoms with Gasteiger partial charge in [-0.25, -0.2) is 0 Å². The van der Waals surface area contributed by atoms with Crippen molar-refractivity contribution in [1.29, 1.82) is 0 Å². The summed E-state index contributed by atoms with van der Waals surface area (Å²) in [5, 5.41) is 13.6. The standard InChI is InChI=1S/C16H25NO/c1-4-13-9-10-15(11(13)2)17-12(3)14-7-5-6-8-16(14)18/h5-8,11-13,15,17-18H,4,9-10H2,1-3H3. The van der Waals surface area contributed by atoms with Crippen LogP contribution in [-0.4, -0.2) is 11.1 Å². The van der Waals surface area contributed by atoms with Crippen molar-refractivity contribution in [3.63, 3.8) is 0 Å². The molecule has 1 aliphatic carbocycles. The van der Waals surface area contributed by atoms with E-state index < -0.39 is 0 Å². The Morgan fingerprint density at radius 1 is 1.33 bits per heavy atom. The first-order valence-electron chi connectivity index (χ1n) is 7.17. The lowest BCUT2D eigenvalue weighted by Crippen LogP contribution is -2.34. The van der Waals surface area contributed by atoms with Crippen molar-refractivity contribution in [1.82, 2.24) is 5.32 Å². The molecular formula is C16H25NO. The maximum absolute atomic E-state index is 9.88. The molecule has 0 amide bonds. The Bertz CT molecular complexity index is 390. The van der Waals surface area contributed by atoms with E-state index in [0.717, 1.165) is 17.4 Å². The fourth-order valence-electron chi connectivity index (χ4n) is 3.32. The second-order valence-electron chi connectivity index (χ2n) is 5.66. The largest absolute Gasteiger partial charge is 0.508 e. The van der Waals surface area contributed by atoms with Crippen molar-refractivity contribution in [2.75, 3.05) is 0 Å². The van der Waals surface area contributed by atoms with Gasteiger partial charge in [0.05, 0.1) is 0 Å². The van der Waals surface area contributed by atoms with E-state index in [2.05, 4.69) is 26.1 Å². The van der Waals surface area contributed by atoms with Crippen LogP contribution in [0.25, 0.3) is 0 Å². The van der Waals surface area contributed by atoms with E-state index in [0.29, 0.717) is 11.8 Å². The number of phenols is 1. The second-order valence-corrected chi connectivity index (χ2v) is 5.66. The zero-order valence-electron chi connectivity index (χ0n) is 11.7. The monoisotopic (exact) mass is 247 g/mol. The molecule has 0 heterocycles. The molecule has 1 aromatic rings. The number of phenolic OH excluding ortho intramolecular Hbond substituents is 1. The molecule has 2 rings (SSSR count). The van der Waals surface area contributed by atoms with Gasteiger partial charge in [0.15, 0.2) is 0 Å². The highest BCUT2D eigenvalue weighted by atomic mass is 16.3. The third kappa shape index (κ3) is 2.69. The third-order valence-corrected chi connectivity index (χ3v) is 4.62. The molecule has 2 heteroatoms. The van der Waals surface area contributed by atoms with Gasteiger partial charge in [-0.15, -0.1) is 0 Å². The number of hydrogen-bond acceptors (Lipinski definition) is 2. The Hall–Kier alpha value is -1.02. The number of aromatic hydroxyl groups is 1. The van der Waals surface area contributed by atoms with E-state index in [9.17, 15) is 5.11 Å². The minimum absolute atomic E-state index is 0.217. The van der Waals surface area contributed by atoms with Gasteiger partial charge >= 0.3 is 0 Å². The van der Waals surface area contributed by atoms with Crippen LogP contribution in [0.5, 0.6) is 5.75 Å². The lowest BCUT2D eigenvalue weighted by molar-refractivity contribution is 0.324. The van der Waals surface area contributed by atoms with Crippen molar-refractivity contribution in [2.24, 2.45) is 11.8 Å². The van der Waals surface area contributed by atoms with E-state index >= 15 is 0 Å². The van der Waals surface area contributed by atoms with Crippen LogP contribution in [0.2, 0.25) is 0 Å². The van der Waals surface area contributed by atoms with Crippen LogP contribution in [0.15, 0.2) is 24.3 Å². The van der Waals surface area contributed by atoms with Gasteiger partial charge in [-0.2, -0.15) is 0 Å². The highest BCUT2D eigenvalue weighted by Crippen LogP contribution is 2.35. The van der Waals surface area contributed by atoms with Crippen LogP contribution < -0.4 is 5.32 Å². The quantitative estimate of drug-likeness (QED) is 0.846. The van der Waals surface area contributed by atoms with Gasteiger partial charge in [0.25, 0.3) is 0 Å². The summed E-state index contributed by atoms with van der Waals surface area (Å²) in [6.45, 7) is 6.79. The van der Waals surface area contributed by atoms with Crippen molar-refractivity contribution in [3.05, 3.63) is 29.8 Å². The summed E-state index contributed by atoms with van der Waals surface area (Å²) in [4.78, 5) is 0. The smallest absolute Gasteiger partial charge is 0.120 e. The van der Waals surface area contributed by atoms with Crippen LogP contribution in [0.1, 0.15) is 51.6 Å². The first-order chi connectivity index (χ1) is 8.63. The lowest BCUT2D eigenvalue weighted by atomic mass is 9.93. The molecule has 0 radical (unpaired) electrons. The highest BCUT2D eigenvalue weighted by molar-refractivity contribution is 5.34. The molecule has 2 nitrogen and oxygen atoms in total. The normalized spacial score (nSPS) is 29.4. The summed E-state index contributed by atoms with van der Waals surface area (Å²) in [7, 11) is 0. The molecule has 0 bridgehead atoms. The summed E-state index contributed by atoms with van der Waals surface area (Å²) < 4.78 is 0. The minimum Gasteiger partial charge on any atom is -0.508 e. The van der Waals surface area contributed by atoms with Gasteiger partial charge in [0.2, 0.25) is 0 Å². The Balaban J connectivity index is 2.00. The summed E-state index contributed by atoms with van der Waals surface area (Å²) in [6.07, 6.45) is 3.88. The van der Waals surface area contributed by atoms with E-state index in [-0.39, 0.29) is 6.04 Å². The van der Waals surface area contributed by atoms with Crippen molar-refractivity contribution in [2.45, 2.75) is 52.1 Å². The average Bonchev–Trinajstić information content (AvgIpc) is 2.71. The summed E-state index contributed by atoms with van der Waals surface area (Å²) in [5.41, 5.74) is 1.00. The van der Waals surface area contributed by atoms with Crippen LogP contribution in [0.4, 0.5) is 0 Å². The Kier molecular flexibility index (Phi) is 4.28. The molecule has 4 unspecified atom stereocenters. The molecule has 0 aromatic heterocycles. The molecule has 0 spiro atoms. The first kappa shape index (κ1) is 13.4. The van der Waals surface area contributed by atoms with Crippen molar-refractivity contribution >= 4 is 0 Å². The number of hydrogen-bond donors (Lipinski definition) is 2. The highest BCUT2D eigenvalue weighted by Gasteiger charge is 2.32. The third-order valence-electron chi connectivity index (χ3n) is 4.62. The summed E-state index contributed by atoms with van der Waals surface area (Å²) in [5.74, 6) is 2.00. The molecular weight excluding hydrogens is 222 g/mol. The summed E-state index contributed by atoms with van der Waals surface area (Å²) in [6, 6.07) is 8.43. The van der Waals surface area contributed by atoms with E-state index in [1.165, 1.54) is 19.3 Å². The Morgan fingerprint density at radius 2 is 2.06 bits per heavy atom. The van der Waals surface area contributed by atoms with Crippen LogP contribution in [0.3, 0.4) is 0 Å². The molecule has 0 saturated heterocycles. The Morgan fingerprint density at radius 3 is 2.67 bits per heavy atom. The molecule has 0 aliphatic heterocycles. The predicted octanol–water partition coefficient (Wildman–Crippen LogP) is 3.87. The number of rotatable bonds is 4. The van der Waals surface area contributed by atoms with Gasteiger partial charge in [-0.1, -0.05) is 38.5 Å². The maximum atomic E-state index is 9.88. The lowest BCUT2D eigenvalue weighted by Gasteiger charge is -2.25. The van der Waals surface area contributed by atoms with Gasteiger partial charge in [-0.05, 0) is 37.7 Å². The number of para-hydroxylation sites is 1. The maximum Gasteiger partial charge on any atom is 0.120 e. The van der Waals surface area contributed by atoms with Gasteiger partial charge in [-0.3, -0.25) is 0 Å². The predicted molar refractivity (Wildman–Crippen MR) is 75.6 cm³/mol. The first-order valence-corrected chi connectivity index (χ1v) is 7.17. The second kappa shape index (κ2) is 5.75. The van der Waals surface area contributed by atoms with E-state index in [1.807, 2.05) is 18.2 Å².